The van der Waals surface area contributed by atoms with Gasteiger partial charge in [-0.15, -0.1) is 0 Å². The fraction of sp³-hybridized carbons (Fsp3) is 0.0667. The van der Waals surface area contributed by atoms with Gasteiger partial charge in [0.15, 0.2) is 0 Å². The van der Waals surface area contributed by atoms with Crippen LogP contribution < -0.4 is 5.73 Å². The molecular formula is C15H13N3. The van der Waals surface area contributed by atoms with Crippen molar-refractivity contribution in [2.24, 2.45) is 0 Å². The second kappa shape index (κ2) is 4.11. The normalized spacial score (nSPS) is 10.7. The zero-order chi connectivity index (χ0) is 12.5. The van der Waals surface area contributed by atoms with Crippen molar-refractivity contribution in [2.45, 2.75) is 6.92 Å². The first kappa shape index (κ1) is 10.7. The van der Waals surface area contributed by atoms with Gasteiger partial charge in [0.05, 0.1) is 5.52 Å². The highest BCUT2D eigenvalue weighted by molar-refractivity contribution is 5.84. The zero-order valence-electron chi connectivity index (χ0n) is 10.1. The highest BCUT2D eigenvalue weighted by Crippen LogP contribution is 2.23. The van der Waals surface area contributed by atoms with Gasteiger partial charge in [-0.25, -0.2) is 4.98 Å². The largest absolute Gasteiger partial charge is 0.384 e. The van der Waals surface area contributed by atoms with Crippen LogP contribution in [0.2, 0.25) is 0 Å². The second-order valence-electron chi connectivity index (χ2n) is 4.33. The molecule has 2 aromatic heterocycles. The van der Waals surface area contributed by atoms with Gasteiger partial charge >= 0.3 is 0 Å². The minimum absolute atomic E-state index is 0.539. The molecule has 88 valence electrons. The van der Waals surface area contributed by atoms with Crippen LogP contribution in [-0.2, 0) is 0 Å². The molecule has 0 bridgehead atoms. The lowest BCUT2D eigenvalue weighted by molar-refractivity contribution is 1.26. The van der Waals surface area contributed by atoms with Crippen LogP contribution in [-0.4, -0.2) is 9.97 Å². The minimum Gasteiger partial charge on any atom is -0.384 e. The van der Waals surface area contributed by atoms with Crippen molar-refractivity contribution in [3.63, 3.8) is 0 Å². The highest BCUT2D eigenvalue weighted by Gasteiger charge is 2.01. The number of hydrogen-bond donors (Lipinski definition) is 1. The fourth-order valence-electron chi connectivity index (χ4n) is 1.98. The van der Waals surface area contributed by atoms with E-state index in [4.69, 9.17) is 5.73 Å². The molecule has 0 unspecified atom stereocenters. The molecule has 0 aliphatic heterocycles. The summed E-state index contributed by atoms with van der Waals surface area (Å²) in [6.45, 7) is 2.00. The summed E-state index contributed by atoms with van der Waals surface area (Å²) in [7, 11) is 0. The van der Waals surface area contributed by atoms with Gasteiger partial charge in [0.2, 0.25) is 0 Å². The van der Waals surface area contributed by atoms with Gasteiger partial charge in [-0.05, 0) is 42.8 Å². The average molecular weight is 235 g/mol. The van der Waals surface area contributed by atoms with Crippen molar-refractivity contribution in [3.8, 4) is 11.1 Å². The van der Waals surface area contributed by atoms with Gasteiger partial charge in [0.1, 0.15) is 5.82 Å². The van der Waals surface area contributed by atoms with Crippen LogP contribution in [0.15, 0.2) is 48.7 Å². The molecule has 0 saturated carbocycles. The molecule has 0 aliphatic rings. The van der Waals surface area contributed by atoms with E-state index in [9.17, 15) is 0 Å². The van der Waals surface area contributed by atoms with Gasteiger partial charge in [0.25, 0.3) is 0 Å². The van der Waals surface area contributed by atoms with Crippen LogP contribution in [0.1, 0.15) is 5.69 Å². The van der Waals surface area contributed by atoms with Crippen LogP contribution in [0.5, 0.6) is 0 Å². The molecule has 2 N–H and O–H groups in total. The monoisotopic (exact) mass is 235 g/mol. The van der Waals surface area contributed by atoms with Gasteiger partial charge < -0.3 is 5.73 Å². The summed E-state index contributed by atoms with van der Waals surface area (Å²) < 4.78 is 0. The van der Waals surface area contributed by atoms with E-state index in [1.165, 1.54) is 0 Å². The first-order valence-corrected chi connectivity index (χ1v) is 5.82. The number of aryl methyl sites for hydroxylation is 1. The van der Waals surface area contributed by atoms with Crippen molar-refractivity contribution in [3.05, 3.63) is 54.4 Å². The van der Waals surface area contributed by atoms with Gasteiger partial charge in [-0.1, -0.05) is 12.1 Å². The van der Waals surface area contributed by atoms with E-state index in [1.807, 2.05) is 31.2 Å². The van der Waals surface area contributed by atoms with Gasteiger partial charge in [0, 0.05) is 22.8 Å². The number of aromatic nitrogens is 2. The van der Waals surface area contributed by atoms with Crippen molar-refractivity contribution in [2.75, 3.05) is 5.73 Å². The van der Waals surface area contributed by atoms with E-state index >= 15 is 0 Å². The number of nitrogen functional groups attached to an aromatic ring is 1. The summed E-state index contributed by atoms with van der Waals surface area (Å²) in [5, 5.41) is 1.13. The molecule has 0 radical (unpaired) electrons. The van der Waals surface area contributed by atoms with Crippen molar-refractivity contribution in [1.82, 2.24) is 9.97 Å². The lowest BCUT2D eigenvalue weighted by atomic mass is 10.0. The predicted molar refractivity (Wildman–Crippen MR) is 74.1 cm³/mol. The first-order chi connectivity index (χ1) is 8.72. The number of pyridine rings is 2. The maximum absolute atomic E-state index is 5.59. The second-order valence-corrected chi connectivity index (χ2v) is 4.33. The molecule has 3 aromatic rings. The van der Waals surface area contributed by atoms with Crippen LogP contribution >= 0.6 is 0 Å². The average Bonchev–Trinajstić information content (AvgIpc) is 2.39. The lowest BCUT2D eigenvalue weighted by Gasteiger charge is -2.04. The summed E-state index contributed by atoms with van der Waals surface area (Å²) in [5.74, 6) is 0.539. The Hall–Kier alpha value is -2.42. The molecule has 18 heavy (non-hydrogen) atoms. The molecule has 1 aromatic carbocycles. The fourth-order valence-corrected chi connectivity index (χ4v) is 1.98. The summed E-state index contributed by atoms with van der Waals surface area (Å²) in [5.41, 5.74) is 9.83. The van der Waals surface area contributed by atoms with Crippen molar-refractivity contribution in [1.29, 1.82) is 0 Å². The molecule has 3 rings (SSSR count). The Kier molecular flexibility index (Phi) is 2.45. The number of fused-ring (bicyclic) bond motifs is 1. The molecule has 0 saturated heterocycles. The summed E-state index contributed by atoms with van der Waals surface area (Å²) in [4.78, 5) is 8.60. The number of nitrogens with two attached hydrogens (primary N) is 1. The number of rotatable bonds is 1. The number of anilines is 1. The third-order valence-corrected chi connectivity index (χ3v) is 2.95. The first-order valence-electron chi connectivity index (χ1n) is 5.82. The molecule has 0 amide bonds. The molecule has 0 spiro atoms. The molecule has 0 fully saturated rings. The molecular weight excluding hydrogens is 222 g/mol. The SMILES string of the molecule is Cc1ccc2cc(-c3ccc(N)nc3)ccc2n1. The van der Waals surface area contributed by atoms with Gasteiger partial charge in [-0.2, -0.15) is 0 Å². The van der Waals surface area contributed by atoms with E-state index in [-0.39, 0.29) is 0 Å². The third kappa shape index (κ3) is 1.91. The Morgan fingerprint density at radius 1 is 0.944 bits per heavy atom. The maximum Gasteiger partial charge on any atom is 0.123 e. The number of nitrogens with zero attached hydrogens (tertiary/aromatic N) is 2. The van der Waals surface area contributed by atoms with E-state index < -0.39 is 0 Å². The Labute approximate surface area is 105 Å². The molecule has 0 aliphatic carbocycles. The van der Waals surface area contributed by atoms with Crippen LogP contribution in [0, 0.1) is 6.92 Å². The van der Waals surface area contributed by atoms with Gasteiger partial charge in [-0.3, -0.25) is 4.98 Å². The van der Waals surface area contributed by atoms with Crippen molar-refractivity contribution < 1.29 is 0 Å². The summed E-state index contributed by atoms with van der Waals surface area (Å²) in [6.07, 6.45) is 1.79. The van der Waals surface area contributed by atoms with Crippen LogP contribution in [0.4, 0.5) is 5.82 Å². The van der Waals surface area contributed by atoms with E-state index in [0.29, 0.717) is 5.82 Å². The van der Waals surface area contributed by atoms with Crippen LogP contribution in [0.3, 0.4) is 0 Å². The Balaban J connectivity index is 2.13. The molecule has 0 atom stereocenters. The van der Waals surface area contributed by atoms with E-state index in [1.54, 1.807) is 6.20 Å². The number of benzene rings is 1. The summed E-state index contributed by atoms with van der Waals surface area (Å²) >= 11 is 0. The Morgan fingerprint density at radius 2 is 1.78 bits per heavy atom. The lowest BCUT2D eigenvalue weighted by Crippen LogP contribution is -1.89. The smallest absolute Gasteiger partial charge is 0.123 e. The van der Waals surface area contributed by atoms with E-state index in [2.05, 4.69) is 28.2 Å². The minimum atomic E-state index is 0.539. The van der Waals surface area contributed by atoms with Crippen LogP contribution in [0.25, 0.3) is 22.0 Å². The molecule has 2 heterocycles. The standard InChI is InChI=1S/C15H13N3/c1-10-2-3-12-8-11(4-6-14(12)18-10)13-5-7-15(16)17-9-13/h2-9H,1H3,(H2,16,17). The topological polar surface area (TPSA) is 51.8 Å². The number of hydrogen-bond acceptors (Lipinski definition) is 3. The van der Waals surface area contributed by atoms with Crippen molar-refractivity contribution >= 4 is 16.7 Å². The summed E-state index contributed by atoms with van der Waals surface area (Å²) in [6, 6.07) is 14.1. The quantitative estimate of drug-likeness (QED) is 0.704. The molecule has 3 heteroatoms. The third-order valence-electron chi connectivity index (χ3n) is 2.95. The molecule has 3 nitrogen and oxygen atoms in total. The van der Waals surface area contributed by atoms with E-state index in [0.717, 1.165) is 27.7 Å². The zero-order valence-corrected chi connectivity index (χ0v) is 10.1. The predicted octanol–water partition coefficient (Wildman–Crippen LogP) is 3.19. The Bertz CT molecular complexity index is 703. The highest BCUT2D eigenvalue weighted by atomic mass is 14.8. The Morgan fingerprint density at radius 3 is 2.56 bits per heavy atom. The maximum atomic E-state index is 5.59.